The van der Waals surface area contributed by atoms with Crippen LogP contribution in [0.4, 0.5) is 4.79 Å². The van der Waals surface area contributed by atoms with Gasteiger partial charge in [0, 0.05) is 54.3 Å². The molecule has 13 heavy (non-hydrogen) atoms. The molecular weight excluding hydrogens is 179 g/mol. The molecule has 6 heteroatoms. The Labute approximate surface area is 96.7 Å². The summed E-state index contributed by atoms with van der Waals surface area (Å²) in [5.74, 6) is 0. The van der Waals surface area contributed by atoms with Crippen LogP contribution in [0.5, 0.6) is 0 Å². The summed E-state index contributed by atoms with van der Waals surface area (Å²) in [6.07, 6.45) is 9.17. The molecule has 0 saturated carbocycles. The van der Waals surface area contributed by atoms with Crippen LogP contribution in [-0.4, -0.2) is 54.7 Å². The second-order valence-corrected chi connectivity index (χ2v) is 2.22. The van der Waals surface area contributed by atoms with E-state index < -0.39 is 0 Å². The topological polar surface area (TPSA) is 52.7 Å². The number of carbonyl (C=O) groups is 1. The van der Waals surface area contributed by atoms with Gasteiger partial charge in [-0.1, -0.05) is 0 Å². The summed E-state index contributed by atoms with van der Waals surface area (Å²) in [4.78, 5) is 18.9. The molecule has 0 aliphatic rings. The maximum absolute atomic E-state index is 11.4. The predicted octanol–water partition coefficient (Wildman–Crippen LogP) is 0.215. The Morgan fingerprint density at radius 3 is 1.77 bits per heavy atom. The van der Waals surface area contributed by atoms with Crippen molar-refractivity contribution in [2.75, 3.05) is 0 Å². The molecular formula is C7H6N4NaO. The molecule has 2 aromatic rings. The molecule has 2 aromatic heterocycles. The maximum atomic E-state index is 11.4. The van der Waals surface area contributed by atoms with Crippen molar-refractivity contribution in [3.8, 4) is 0 Å². The summed E-state index contributed by atoms with van der Waals surface area (Å²) >= 11 is 0. The number of rotatable bonds is 0. The van der Waals surface area contributed by atoms with E-state index in [1.807, 2.05) is 0 Å². The Morgan fingerprint density at radius 2 is 1.46 bits per heavy atom. The van der Waals surface area contributed by atoms with Crippen LogP contribution in [0.15, 0.2) is 37.4 Å². The van der Waals surface area contributed by atoms with Crippen molar-refractivity contribution in [3.63, 3.8) is 0 Å². The van der Waals surface area contributed by atoms with Gasteiger partial charge < -0.3 is 0 Å². The molecule has 0 unspecified atom stereocenters. The third kappa shape index (κ3) is 2.06. The van der Waals surface area contributed by atoms with Crippen LogP contribution in [-0.2, 0) is 0 Å². The van der Waals surface area contributed by atoms with Gasteiger partial charge in [-0.3, -0.25) is 9.13 Å². The zero-order valence-corrected chi connectivity index (χ0v) is 9.16. The number of aromatic nitrogens is 4. The summed E-state index contributed by atoms with van der Waals surface area (Å²) in [5, 5.41) is 0. The third-order valence-corrected chi connectivity index (χ3v) is 1.45. The fourth-order valence-corrected chi connectivity index (χ4v) is 0.878. The molecule has 2 heterocycles. The van der Waals surface area contributed by atoms with Crippen LogP contribution in [0.2, 0.25) is 0 Å². The molecule has 0 saturated heterocycles. The van der Waals surface area contributed by atoms with Crippen LogP contribution in [0.25, 0.3) is 0 Å². The monoisotopic (exact) mass is 185 g/mol. The van der Waals surface area contributed by atoms with E-state index in [1.165, 1.54) is 21.8 Å². The molecule has 0 amide bonds. The average molecular weight is 185 g/mol. The van der Waals surface area contributed by atoms with E-state index in [1.54, 1.807) is 24.8 Å². The second kappa shape index (κ2) is 4.36. The Hall–Kier alpha value is -0.910. The number of hydrogen-bond acceptors (Lipinski definition) is 3. The Morgan fingerprint density at radius 1 is 1.00 bits per heavy atom. The van der Waals surface area contributed by atoms with E-state index >= 15 is 0 Å². The summed E-state index contributed by atoms with van der Waals surface area (Å²) in [6, 6.07) is -0.190. The van der Waals surface area contributed by atoms with Gasteiger partial charge in [-0.2, -0.15) is 0 Å². The minimum absolute atomic E-state index is 0. The number of carbonyl (C=O) groups excluding carboxylic acids is 1. The van der Waals surface area contributed by atoms with Crippen LogP contribution in [0.3, 0.4) is 0 Å². The first-order valence-corrected chi connectivity index (χ1v) is 3.38. The van der Waals surface area contributed by atoms with Gasteiger partial charge in [0.05, 0.1) is 0 Å². The Kier molecular flexibility index (Phi) is 3.41. The van der Waals surface area contributed by atoms with E-state index in [9.17, 15) is 4.79 Å². The molecule has 0 N–H and O–H groups in total. The van der Waals surface area contributed by atoms with E-state index in [0.29, 0.717) is 0 Å². The van der Waals surface area contributed by atoms with Crippen molar-refractivity contribution in [2.45, 2.75) is 0 Å². The second-order valence-electron chi connectivity index (χ2n) is 2.22. The van der Waals surface area contributed by atoms with E-state index in [-0.39, 0.29) is 35.6 Å². The van der Waals surface area contributed by atoms with Gasteiger partial charge in [0.25, 0.3) is 0 Å². The molecule has 5 nitrogen and oxygen atoms in total. The summed E-state index contributed by atoms with van der Waals surface area (Å²) in [7, 11) is 0. The van der Waals surface area contributed by atoms with Crippen molar-refractivity contribution in [1.82, 2.24) is 19.1 Å². The SMILES string of the molecule is O=C(n1ccnc1)n1ccnc1.[Na]. The van der Waals surface area contributed by atoms with Gasteiger partial charge in [-0.05, 0) is 0 Å². The summed E-state index contributed by atoms with van der Waals surface area (Å²) in [5.41, 5.74) is 0. The van der Waals surface area contributed by atoms with Gasteiger partial charge in [0.2, 0.25) is 0 Å². The van der Waals surface area contributed by atoms with Gasteiger partial charge in [-0.25, -0.2) is 14.8 Å². The van der Waals surface area contributed by atoms with E-state index in [4.69, 9.17) is 0 Å². The molecule has 61 valence electrons. The Balaban J connectivity index is 0.000000845. The van der Waals surface area contributed by atoms with E-state index in [2.05, 4.69) is 9.97 Å². The molecule has 0 fully saturated rings. The Bertz CT molecular complexity index is 331. The zero-order valence-electron chi connectivity index (χ0n) is 7.16. The summed E-state index contributed by atoms with van der Waals surface area (Å²) in [6.45, 7) is 0. The van der Waals surface area contributed by atoms with Crippen LogP contribution < -0.4 is 0 Å². The number of nitrogens with zero attached hydrogens (tertiary/aromatic N) is 4. The fraction of sp³-hybridized carbons (Fsp3) is 0. The zero-order chi connectivity index (χ0) is 8.39. The molecule has 0 aliphatic heterocycles. The first-order chi connectivity index (χ1) is 5.88. The largest absolute Gasteiger partial charge is 0.338 e. The number of imidazole rings is 2. The molecule has 0 aromatic carbocycles. The van der Waals surface area contributed by atoms with Crippen LogP contribution in [0.1, 0.15) is 0 Å². The summed E-state index contributed by atoms with van der Waals surface area (Å²) < 4.78 is 2.75. The average Bonchev–Trinajstić information content (AvgIpc) is 2.77. The fourth-order valence-electron chi connectivity index (χ4n) is 0.878. The third-order valence-electron chi connectivity index (χ3n) is 1.45. The van der Waals surface area contributed by atoms with Crippen LogP contribution >= 0.6 is 0 Å². The van der Waals surface area contributed by atoms with Crippen molar-refractivity contribution < 1.29 is 4.79 Å². The number of hydrogen-bond donors (Lipinski definition) is 0. The van der Waals surface area contributed by atoms with Crippen molar-refractivity contribution in [1.29, 1.82) is 0 Å². The minimum atomic E-state index is -0.190. The molecule has 0 atom stereocenters. The van der Waals surface area contributed by atoms with Crippen LogP contribution in [0, 0.1) is 0 Å². The van der Waals surface area contributed by atoms with Crippen molar-refractivity contribution >= 4 is 35.6 Å². The van der Waals surface area contributed by atoms with Gasteiger partial charge in [0.15, 0.2) is 0 Å². The molecule has 1 radical (unpaired) electrons. The standard InChI is InChI=1S/C7H6N4O.Na/c12-7(10-3-1-8-5-10)11-4-2-9-6-11;/h1-6H;. The first kappa shape index (κ1) is 10.2. The molecule has 0 bridgehead atoms. The maximum Gasteiger partial charge on any atom is 0.338 e. The van der Waals surface area contributed by atoms with Crippen molar-refractivity contribution in [3.05, 3.63) is 37.4 Å². The minimum Gasteiger partial charge on any atom is -0.257 e. The molecule has 2 rings (SSSR count). The van der Waals surface area contributed by atoms with E-state index in [0.717, 1.165) is 0 Å². The molecule has 0 spiro atoms. The smallest absolute Gasteiger partial charge is 0.257 e. The first-order valence-electron chi connectivity index (χ1n) is 3.38. The quantitative estimate of drug-likeness (QED) is 0.551. The van der Waals surface area contributed by atoms with Gasteiger partial charge in [0.1, 0.15) is 12.7 Å². The predicted molar refractivity (Wildman–Crippen MR) is 46.4 cm³/mol. The normalized spacial score (nSPS) is 9.23. The van der Waals surface area contributed by atoms with Crippen molar-refractivity contribution in [2.24, 2.45) is 0 Å². The molecule has 0 aliphatic carbocycles. The van der Waals surface area contributed by atoms with Gasteiger partial charge >= 0.3 is 6.03 Å². The van der Waals surface area contributed by atoms with Gasteiger partial charge in [-0.15, -0.1) is 0 Å².